The first-order chi connectivity index (χ1) is 14.2. The third-order valence-electron chi connectivity index (χ3n) is 5.59. The van der Waals surface area contributed by atoms with Gasteiger partial charge in [-0.25, -0.2) is 9.07 Å². The maximum Gasteiger partial charge on any atom is 0.148 e. The monoisotopic (exact) mass is 395 g/mol. The Morgan fingerprint density at radius 2 is 1.93 bits per heavy atom. The van der Waals surface area contributed by atoms with Crippen LogP contribution in [0, 0.1) is 5.82 Å². The Kier molecular flexibility index (Phi) is 5.92. The molecule has 152 valence electrons. The largest absolute Gasteiger partial charge is 0.497 e. The lowest BCUT2D eigenvalue weighted by Crippen LogP contribution is -2.41. The average molecular weight is 395 g/mol. The molecule has 2 heterocycles. The molecule has 0 bridgehead atoms. The number of aliphatic hydroxyl groups is 1. The first-order valence-electron chi connectivity index (χ1n) is 10.0. The molecule has 1 N–H and O–H groups in total. The topological polar surface area (TPSA) is 50.5 Å². The molecule has 0 radical (unpaired) electrons. The van der Waals surface area contributed by atoms with Crippen LogP contribution in [-0.2, 0) is 6.54 Å². The van der Waals surface area contributed by atoms with Crippen molar-refractivity contribution < 1.29 is 14.2 Å². The maximum absolute atomic E-state index is 14.4. The van der Waals surface area contributed by atoms with E-state index in [-0.39, 0.29) is 18.5 Å². The van der Waals surface area contributed by atoms with Crippen LogP contribution in [0.25, 0.3) is 16.9 Å². The Balaban J connectivity index is 1.74. The second kappa shape index (κ2) is 8.76. The van der Waals surface area contributed by atoms with E-state index in [0.29, 0.717) is 12.2 Å². The van der Waals surface area contributed by atoms with Crippen LogP contribution in [0.4, 0.5) is 4.39 Å². The van der Waals surface area contributed by atoms with Crippen LogP contribution in [0.2, 0.25) is 0 Å². The number of piperidine rings is 1. The summed E-state index contributed by atoms with van der Waals surface area (Å²) in [5.41, 5.74) is 3.20. The molecule has 1 aliphatic heterocycles. The highest BCUT2D eigenvalue weighted by Gasteiger charge is 2.24. The van der Waals surface area contributed by atoms with E-state index in [1.54, 1.807) is 30.0 Å². The molecule has 1 aromatic heterocycles. The molecule has 1 fully saturated rings. The van der Waals surface area contributed by atoms with Crippen molar-refractivity contribution in [2.45, 2.75) is 31.8 Å². The summed E-state index contributed by atoms with van der Waals surface area (Å²) >= 11 is 0. The van der Waals surface area contributed by atoms with Gasteiger partial charge in [-0.2, -0.15) is 5.10 Å². The number of hydrogen-bond acceptors (Lipinski definition) is 4. The quantitative estimate of drug-likeness (QED) is 0.685. The SMILES string of the molecule is COc1ccc(-c2nn(-c3ccccc3F)cc2CN2CCCC[C@@H]2CO)cc1. The molecule has 3 aromatic rings. The van der Waals surface area contributed by atoms with E-state index in [0.717, 1.165) is 48.4 Å². The van der Waals surface area contributed by atoms with Gasteiger partial charge in [0, 0.05) is 29.9 Å². The number of nitrogens with zero attached hydrogens (tertiary/aromatic N) is 3. The third kappa shape index (κ3) is 4.18. The van der Waals surface area contributed by atoms with Gasteiger partial charge in [0.15, 0.2) is 0 Å². The molecule has 29 heavy (non-hydrogen) atoms. The van der Waals surface area contributed by atoms with E-state index < -0.39 is 0 Å². The van der Waals surface area contributed by atoms with Gasteiger partial charge in [-0.15, -0.1) is 0 Å². The van der Waals surface area contributed by atoms with Crippen LogP contribution in [0.15, 0.2) is 54.7 Å². The molecule has 0 aliphatic carbocycles. The lowest BCUT2D eigenvalue weighted by Gasteiger charge is -2.34. The van der Waals surface area contributed by atoms with Gasteiger partial charge >= 0.3 is 0 Å². The van der Waals surface area contributed by atoms with E-state index >= 15 is 0 Å². The normalized spacial score (nSPS) is 17.4. The van der Waals surface area contributed by atoms with Crippen molar-refractivity contribution in [3.8, 4) is 22.7 Å². The average Bonchev–Trinajstić information content (AvgIpc) is 3.18. The second-order valence-corrected chi connectivity index (χ2v) is 7.43. The highest BCUT2D eigenvalue weighted by molar-refractivity contribution is 5.64. The summed E-state index contributed by atoms with van der Waals surface area (Å²) in [4.78, 5) is 2.30. The summed E-state index contributed by atoms with van der Waals surface area (Å²) in [7, 11) is 1.64. The minimum absolute atomic E-state index is 0.152. The van der Waals surface area contributed by atoms with E-state index in [4.69, 9.17) is 9.84 Å². The molecule has 2 aromatic carbocycles. The molecule has 1 atom stereocenters. The maximum atomic E-state index is 14.4. The number of likely N-dealkylation sites (tertiary alicyclic amines) is 1. The van der Waals surface area contributed by atoms with Gasteiger partial charge in [-0.3, -0.25) is 4.90 Å². The fraction of sp³-hybridized carbons (Fsp3) is 0.348. The van der Waals surface area contributed by atoms with Gasteiger partial charge in [-0.05, 0) is 55.8 Å². The smallest absolute Gasteiger partial charge is 0.148 e. The molecular weight excluding hydrogens is 369 g/mol. The van der Waals surface area contributed by atoms with Gasteiger partial charge in [0.05, 0.1) is 19.4 Å². The first-order valence-corrected chi connectivity index (χ1v) is 10.0. The van der Waals surface area contributed by atoms with Crippen LogP contribution in [-0.4, -0.2) is 46.1 Å². The number of para-hydroxylation sites is 1. The van der Waals surface area contributed by atoms with Crippen molar-refractivity contribution >= 4 is 0 Å². The predicted molar refractivity (Wildman–Crippen MR) is 111 cm³/mol. The van der Waals surface area contributed by atoms with Crippen molar-refractivity contribution in [3.05, 3.63) is 66.1 Å². The molecule has 4 rings (SSSR count). The van der Waals surface area contributed by atoms with Gasteiger partial charge in [0.1, 0.15) is 17.3 Å². The van der Waals surface area contributed by atoms with Crippen LogP contribution < -0.4 is 4.74 Å². The number of hydrogen-bond donors (Lipinski definition) is 1. The Bertz CT molecular complexity index is 955. The molecule has 5 nitrogen and oxygen atoms in total. The molecule has 0 unspecified atom stereocenters. The van der Waals surface area contributed by atoms with Crippen molar-refractivity contribution in [1.29, 1.82) is 0 Å². The van der Waals surface area contributed by atoms with Gasteiger partial charge < -0.3 is 9.84 Å². The van der Waals surface area contributed by atoms with Crippen LogP contribution >= 0.6 is 0 Å². The summed E-state index contributed by atoms with van der Waals surface area (Å²) in [6.45, 7) is 1.76. The molecule has 6 heteroatoms. The summed E-state index contributed by atoms with van der Waals surface area (Å²) in [6.07, 6.45) is 5.16. The Morgan fingerprint density at radius 3 is 2.66 bits per heavy atom. The molecule has 0 spiro atoms. The fourth-order valence-electron chi connectivity index (χ4n) is 3.97. The summed E-state index contributed by atoms with van der Waals surface area (Å²) in [5, 5.41) is 14.5. The van der Waals surface area contributed by atoms with Gasteiger partial charge in [0.25, 0.3) is 0 Å². The zero-order valence-corrected chi connectivity index (χ0v) is 16.6. The van der Waals surface area contributed by atoms with Crippen molar-refractivity contribution in [3.63, 3.8) is 0 Å². The first kappa shape index (κ1) is 19.6. The van der Waals surface area contributed by atoms with E-state index in [9.17, 15) is 9.50 Å². The van der Waals surface area contributed by atoms with E-state index in [1.807, 2.05) is 30.5 Å². The number of rotatable bonds is 6. The summed E-state index contributed by atoms with van der Waals surface area (Å²) in [5.74, 6) is 0.467. The Hall–Kier alpha value is -2.70. The molecule has 0 amide bonds. The van der Waals surface area contributed by atoms with Crippen molar-refractivity contribution in [2.24, 2.45) is 0 Å². The Morgan fingerprint density at radius 1 is 1.14 bits per heavy atom. The number of aliphatic hydroxyl groups excluding tert-OH is 1. The minimum Gasteiger partial charge on any atom is -0.497 e. The molecule has 1 aliphatic rings. The minimum atomic E-state index is -0.311. The predicted octanol–water partition coefficient (Wildman–Crippen LogP) is 4.03. The second-order valence-electron chi connectivity index (χ2n) is 7.43. The molecule has 0 saturated carbocycles. The lowest BCUT2D eigenvalue weighted by molar-refractivity contribution is 0.0842. The van der Waals surface area contributed by atoms with Crippen molar-refractivity contribution in [2.75, 3.05) is 20.3 Å². The zero-order valence-electron chi connectivity index (χ0n) is 16.6. The molecule has 1 saturated heterocycles. The van der Waals surface area contributed by atoms with Crippen molar-refractivity contribution in [1.82, 2.24) is 14.7 Å². The third-order valence-corrected chi connectivity index (χ3v) is 5.59. The molecular formula is C23H26FN3O2. The fourth-order valence-corrected chi connectivity index (χ4v) is 3.97. The van der Waals surface area contributed by atoms with Crippen LogP contribution in [0.5, 0.6) is 5.75 Å². The number of ether oxygens (including phenoxy) is 1. The number of halogens is 1. The zero-order chi connectivity index (χ0) is 20.2. The number of methoxy groups -OCH3 is 1. The van der Waals surface area contributed by atoms with Gasteiger partial charge in [-0.1, -0.05) is 18.6 Å². The summed E-state index contributed by atoms with van der Waals surface area (Å²) in [6, 6.07) is 14.5. The summed E-state index contributed by atoms with van der Waals surface area (Å²) < 4.78 is 21.2. The standard InChI is InChI=1S/C23H26FN3O2/c1-29-20-11-9-17(10-12-20)23-18(14-26-13-5-4-6-19(26)16-28)15-27(25-23)22-8-3-2-7-21(22)24/h2-3,7-12,15,19,28H,4-6,13-14,16H2,1H3/t19-/m1/s1. The van der Waals surface area contributed by atoms with Crippen LogP contribution in [0.3, 0.4) is 0 Å². The number of benzene rings is 2. The van der Waals surface area contributed by atoms with E-state index in [1.165, 1.54) is 6.07 Å². The number of aromatic nitrogens is 2. The van der Waals surface area contributed by atoms with E-state index in [2.05, 4.69) is 4.90 Å². The van der Waals surface area contributed by atoms with Gasteiger partial charge in [0.2, 0.25) is 0 Å². The highest BCUT2D eigenvalue weighted by Crippen LogP contribution is 2.29. The highest BCUT2D eigenvalue weighted by atomic mass is 19.1. The lowest BCUT2D eigenvalue weighted by atomic mass is 10.0. The Labute approximate surface area is 170 Å². The van der Waals surface area contributed by atoms with Crippen LogP contribution in [0.1, 0.15) is 24.8 Å².